The van der Waals surface area contributed by atoms with Crippen LogP contribution in [0.2, 0.25) is 0 Å². The van der Waals surface area contributed by atoms with Crippen molar-refractivity contribution in [3.05, 3.63) is 29.3 Å². The van der Waals surface area contributed by atoms with Gasteiger partial charge in [0.2, 0.25) is 0 Å². The summed E-state index contributed by atoms with van der Waals surface area (Å²) in [6.07, 6.45) is 7.30. The lowest BCUT2D eigenvalue weighted by molar-refractivity contribution is 0.0386. The van der Waals surface area contributed by atoms with Gasteiger partial charge in [-0.05, 0) is 49.8 Å². The summed E-state index contributed by atoms with van der Waals surface area (Å²) < 4.78 is 10.8. The van der Waals surface area contributed by atoms with Crippen LogP contribution in [-0.2, 0) is 0 Å². The van der Waals surface area contributed by atoms with E-state index in [1.165, 1.54) is 37.0 Å². The first-order valence-electron chi connectivity index (χ1n) is 9.70. The van der Waals surface area contributed by atoms with E-state index in [2.05, 4.69) is 9.88 Å². The van der Waals surface area contributed by atoms with Crippen molar-refractivity contribution >= 4 is 17.2 Å². The number of thiazole rings is 1. The summed E-state index contributed by atoms with van der Waals surface area (Å²) in [5, 5.41) is 2.66. The van der Waals surface area contributed by atoms with Crippen LogP contribution in [0.5, 0.6) is 11.5 Å². The lowest BCUT2D eigenvalue weighted by atomic mass is 9.78. The van der Waals surface area contributed by atoms with Crippen molar-refractivity contribution in [2.75, 3.05) is 20.8 Å². The molecule has 2 unspecified atom stereocenters. The number of amides is 1. The monoisotopic (exact) mass is 386 g/mol. The molecule has 0 bridgehead atoms. The molecule has 144 valence electrons. The van der Waals surface area contributed by atoms with Crippen LogP contribution >= 0.6 is 11.3 Å². The predicted molar refractivity (Wildman–Crippen MR) is 107 cm³/mol. The number of methoxy groups -OCH3 is 2. The Hall–Kier alpha value is -2.08. The van der Waals surface area contributed by atoms with Crippen LogP contribution in [0.25, 0.3) is 10.6 Å². The van der Waals surface area contributed by atoms with Gasteiger partial charge in [0.25, 0.3) is 5.91 Å². The summed E-state index contributed by atoms with van der Waals surface area (Å²) in [6, 6.07) is 6.04. The maximum absolute atomic E-state index is 13.2. The largest absolute Gasteiger partial charge is 0.497 e. The molecule has 2 atom stereocenters. The van der Waals surface area contributed by atoms with Crippen LogP contribution in [0.1, 0.15) is 49.0 Å². The van der Waals surface area contributed by atoms with Crippen LogP contribution in [0.15, 0.2) is 23.6 Å². The lowest BCUT2D eigenvalue weighted by Gasteiger charge is -2.43. The molecular weight excluding hydrogens is 360 g/mol. The van der Waals surface area contributed by atoms with Gasteiger partial charge in [0.1, 0.15) is 22.2 Å². The van der Waals surface area contributed by atoms with Gasteiger partial charge >= 0.3 is 0 Å². The molecule has 1 aromatic carbocycles. The summed E-state index contributed by atoms with van der Waals surface area (Å²) >= 11 is 1.48. The Labute approximate surface area is 164 Å². The number of carbonyl (C=O) groups is 1. The molecular formula is C21H26N2O3S. The second-order valence-electron chi connectivity index (χ2n) is 7.36. The van der Waals surface area contributed by atoms with Crippen molar-refractivity contribution in [1.82, 2.24) is 9.88 Å². The highest BCUT2D eigenvalue weighted by molar-refractivity contribution is 7.13. The molecule has 1 aromatic heterocycles. The Kier molecular flexibility index (Phi) is 5.34. The topological polar surface area (TPSA) is 51.7 Å². The molecule has 1 saturated heterocycles. The summed E-state index contributed by atoms with van der Waals surface area (Å²) in [4.78, 5) is 20.0. The molecule has 6 heteroatoms. The summed E-state index contributed by atoms with van der Waals surface area (Å²) in [6.45, 7) is 0.856. The van der Waals surface area contributed by atoms with Gasteiger partial charge in [-0.1, -0.05) is 12.8 Å². The number of ether oxygens (including phenoxy) is 2. The van der Waals surface area contributed by atoms with Crippen LogP contribution < -0.4 is 9.47 Å². The summed E-state index contributed by atoms with van der Waals surface area (Å²) in [5.74, 6) is 2.23. The molecule has 0 radical (unpaired) electrons. The molecule has 2 heterocycles. The number of nitrogens with zero attached hydrogens (tertiary/aromatic N) is 2. The van der Waals surface area contributed by atoms with E-state index in [0.29, 0.717) is 17.7 Å². The van der Waals surface area contributed by atoms with Crippen LogP contribution in [0.4, 0.5) is 0 Å². The SMILES string of the molecule is COc1ccc(OC)c(-c2nc(C(=O)N3CCCC4CCCCC43)cs2)c1. The maximum atomic E-state index is 13.2. The van der Waals surface area contributed by atoms with Crippen molar-refractivity contribution in [3.8, 4) is 22.1 Å². The number of hydrogen-bond acceptors (Lipinski definition) is 5. The van der Waals surface area contributed by atoms with Gasteiger partial charge in [-0.15, -0.1) is 11.3 Å². The third-order valence-corrected chi connectivity index (χ3v) is 6.74. The zero-order valence-corrected chi connectivity index (χ0v) is 16.8. The molecule has 1 aliphatic carbocycles. The normalized spacial score (nSPS) is 22.2. The number of hydrogen-bond donors (Lipinski definition) is 0. The smallest absolute Gasteiger partial charge is 0.273 e. The van der Waals surface area contributed by atoms with Gasteiger partial charge in [0, 0.05) is 18.0 Å². The van der Waals surface area contributed by atoms with E-state index in [9.17, 15) is 4.79 Å². The minimum Gasteiger partial charge on any atom is -0.497 e. The maximum Gasteiger partial charge on any atom is 0.273 e. The van der Waals surface area contributed by atoms with Gasteiger partial charge in [-0.25, -0.2) is 4.98 Å². The number of rotatable bonds is 4. The number of piperidine rings is 1. The third-order valence-electron chi connectivity index (χ3n) is 5.86. The Morgan fingerprint density at radius 2 is 1.96 bits per heavy atom. The zero-order chi connectivity index (χ0) is 18.8. The van der Waals surface area contributed by atoms with Gasteiger partial charge in [-0.2, -0.15) is 0 Å². The molecule has 2 fully saturated rings. The average molecular weight is 387 g/mol. The molecule has 27 heavy (non-hydrogen) atoms. The average Bonchev–Trinajstić information content (AvgIpc) is 3.22. The molecule has 5 nitrogen and oxygen atoms in total. The van der Waals surface area contributed by atoms with E-state index < -0.39 is 0 Å². The fraction of sp³-hybridized carbons (Fsp3) is 0.524. The Morgan fingerprint density at radius 1 is 1.15 bits per heavy atom. The number of carbonyl (C=O) groups excluding carboxylic acids is 1. The second-order valence-corrected chi connectivity index (χ2v) is 8.21. The van der Waals surface area contributed by atoms with Crippen molar-refractivity contribution in [1.29, 1.82) is 0 Å². The molecule has 1 amide bonds. The first-order valence-corrected chi connectivity index (χ1v) is 10.6. The Balaban J connectivity index is 1.60. The lowest BCUT2D eigenvalue weighted by Crippen LogP contribution is -2.49. The quantitative estimate of drug-likeness (QED) is 0.769. The van der Waals surface area contributed by atoms with Crippen molar-refractivity contribution in [2.45, 2.75) is 44.6 Å². The van der Waals surface area contributed by atoms with E-state index >= 15 is 0 Å². The van der Waals surface area contributed by atoms with Gasteiger partial charge in [-0.3, -0.25) is 4.79 Å². The molecule has 0 N–H and O–H groups in total. The number of likely N-dealkylation sites (tertiary alicyclic amines) is 1. The second kappa shape index (κ2) is 7.89. The van der Waals surface area contributed by atoms with Crippen molar-refractivity contribution < 1.29 is 14.3 Å². The van der Waals surface area contributed by atoms with E-state index in [-0.39, 0.29) is 5.91 Å². The molecule has 2 aromatic rings. The standard InChI is InChI=1S/C21H26N2O3S/c1-25-15-9-10-19(26-2)16(12-15)20-22-17(13-27-20)21(24)23-11-5-7-14-6-3-4-8-18(14)23/h9-10,12-14,18H,3-8,11H2,1-2H3. The van der Waals surface area contributed by atoms with E-state index in [1.807, 2.05) is 23.6 Å². The number of fused-ring (bicyclic) bond motifs is 1. The highest BCUT2D eigenvalue weighted by Gasteiger charge is 2.36. The Bertz CT molecular complexity index is 818. The zero-order valence-electron chi connectivity index (χ0n) is 15.9. The Morgan fingerprint density at radius 3 is 2.78 bits per heavy atom. The van der Waals surface area contributed by atoms with E-state index in [4.69, 9.17) is 9.47 Å². The van der Waals surface area contributed by atoms with Crippen molar-refractivity contribution in [3.63, 3.8) is 0 Å². The molecule has 1 aliphatic heterocycles. The first-order chi connectivity index (χ1) is 13.2. The predicted octanol–water partition coefficient (Wildman–Crippen LogP) is 4.62. The van der Waals surface area contributed by atoms with Gasteiger partial charge in [0.05, 0.1) is 19.8 Å². The molecule has 1 saturated carbocycles. The van der Waals surface area contributed by atoms with Crippen LogP contribution in [0.3, 0.4) is 0 Å². The van der Waals surface area contributed by atoms with E-state index in [1.54, 1.807) is 14.2 Å². The van der Waals surface area contributed by atoms with Crippen molar-refractivity contribution in [2.24, 2.45) is 5.92 Å². The molecule has 4 rings (SSSR count). The number of benzene rings is 1. The summed E-state index contributed by atoms with van der Waals surface area (Å²) in [7, 11) is 3.28. The fourth-order valence-electron chi connectivity index (χ4n) is 4.50. The highest BCUT2D eigenvalue weighted by Crippen LogP contribution is 2.38. The minimum absolute atomic E-state index is 0.0796. The number of aromatic nitrogens is 1. The molecule has 0 spiro atoms. The first kappa shape index (κ1) is 18.3. The van der Waals surface area contributed by atoms with Crippen LogP contribution in [0, 0.1) is 5.92 Å². The third kappa shape index (κ3) is 3.55. The van der Waals surface area contributed by atoms with Gasteiger partial charge < -0.3 is 14.4 Å². The fourth-order valence-corrected chi connectivity index (χ4v) is 5.32. The van der Waals surface area contributed by atoms with Crippen LogP contribution in [-0.4, -0.2) is 42.6 Å². The highest BCUT2D eigenvalue weighted by atomic mass is 32.1. The van der Waals surface area contributed by atoms with Gasteiger partial charge in [0.15, 0.2) is 0 Å². The summed E-state index contributed by atoms with van der Waals surface area (Å²) in [5.41, 5.74) is 1.40. The molecule has 2 aliphatic rings. The minimum atomic E-state index is 0.0796. The van der Waals surface area contributed by atoms with E-state index in [0.717, 1.165) is 41.5 Å².